The molecule has 0 bridgehead atoms. The fourth-order valence-corrected chi connectivity index (χ4v) is 1.94. The first-order chi connectivity index (χ1) is 8.13. The molecule has 17 heavy (non-hydrogen) atoms. The molecule has 0 fully saturated rings. The molecule has 0 aliphatic heterocycles. The van der Waals surface area contributed by atoms with Gasteiger partial charge in [0.2, 0.25) is 0 Å². The number of hydrogen-bond acceptors (Lipinski definition) is 3. The van der Waals surface area contributed by atoms with Gasteiger partial charge in [0.15, 0.2) is 0 Å². The van der Waals surface area contributed by atoms with Crippen molar-refractivity contribution in [2.24, 2.45) is 0 Å². The van der Waals surface area contributed by atoms with Crippen LogP contribution in [0.5, 0.6) is 0 Å². The average Bonchev–Trinajstić information content (AvgIpc) is 2.34. The molecule has 0 atom stereocenters. The molecule has 0 amide bonds. The highest BCUT2D eigenvalue weighted by molar-refractivity contribution is 6.39. The highest BCUT2D eigenvalue weighted by Gasteiger charge is 2.10. The molecule has 5 heteroatoms. The molecular weight excluding hydrogens is 261 g/mol. The Morgan fingerprint density at radius 3 is 2.82 bits per heavy atom. The van der Waals surface area contributed by atoms with Crippen LogP contribution >= 0.6 is 23.2 Å². The standard InChI is InChI=1S/C12H9Cl2NO2/c1-2-17-12(16)7-3-4-8-9(5-7)11(14)15-6-10(8)13/h3-6H,2H2,1H3. The minimum atomic E-state index is -0.384. The van der Waals surface area contributed by atoms with Crippen LogP contribution in [0.4, 0.5) is 0 Å². The molecule has 0 unspecified atom stereocenters. The highest BCUT2D eigenvalue weighted by Crippen LogP contribution is 2.28. The Labute approximate surface area is 108 Å². The summed E-state index contributed by atoms with van der Waals surface area (Å²) in [4.78, 5) is 15.5. The van der Waals surface area contributed by atoms with E-state index >= 15 is 0 Å². The first-order valence-corrected chi connectivity index (χ1v) is 5.80. The maximum Gasteiger partial charge on any atom is 0.338 e. The van der Waals surface area contributed by atoms with Crippen LogP contribution < -0.4 is 0 Å². The lowest BCUT2D eigenvalue weighted by molar-refractivity contribution is 0.0526. The van der Waals surface area contributed by atoms with Gasteiger partial charge in [0.05, 0.1) is 17.2 Å². The van der Waals surface area contributed by atoms with Gasteiger partial charge >= 0.3 is 5.97 Å². The summed E-state index contributed by atoms with van der Waals surface area (Å²) in [6.45, 7) is 2.09. The van der Waals surface area contributed by atoms with Crippen LogP contribution in [0, 0.1) is 0 Å². The van der Waals surface area contributed by atoms with Crippen molar-refractivity contribution in [2.75, 3.05) is 6.61 Å². The Morgan fingerprint density at radius 2 is 2.12 bits per heavy atom. The van der Waals surface area contributed by atoms with Gasteiger partial charge in [0.1, 0.15) is 5.15 Å². The number of hydrogen-bond donors (Lipinski definition) is 0. The van der Waals surface area contributed by atoms with Crippen molar-refractivity contribution in [1.82, 2.24) is 4.98 Å². The normalized spacial score (nSPS) is 10.5. The van der Waals surface area contributed by atoms with Crippen LogP contribution in [0.15, 0.2) is 24.4 Å². The molecular formula is C12H9Cl2NO2. The van der Waals surface area contributed by atoms with Crippen LogP contribution in [-0.4, -0.2) is 17.6 Å². The number of rotatable bonds is 2. The predicted octanol–water partition coefficient (Wildman–Crippen LogP) is 3.72. The number of carbonyl (C=O) groups excluding carboxylic acids is 1. The van der Waals surface area contributed by atoms with Crippen molar-refractivity contribution in [1.29, 1.82) is 0 Å². The maximum atomic E-state index is 11.6. The van der Waals surface area contributed by atoms with Gasteiger partial charge in [-0.1, -0.05) is 29.3 Å². The Balaban J connectivity index is 2.57. The number of fused-ring (bicyclic) bond motifs is 1. The first-order valence-electron chi connectivity index (χ1n) is 5.04. The molecule has 2 aromatic rings. The summed E-state index contributed by atoms with van der Waals surface area (Å²) in [5.41, 5.74) is 0.435. The lowest BCUT2D eigenvalue weighted by Crippen LogP contribution is -2.04. The van der Waals surface area contributed by atoms with Gasteiger partial charge in [-0.2, -0.15) is 0 Å². The molecule has 0 N–H and O–H groups in total. The van der Waals surface area contributed by atoms with Crippen molar-refractivity contribution >= 4 is 39.9 Å². The summed E-state index contributed by atoms with van der Waals surface area (Å²) in [5.74, 6) is -0.384. The number of ether oxygens (including phenoxy) is 1. The average molecular weight is 270 g/mol. The zero-order valence-electron chi connectivity index (χ0n) is 9.04. The minimum absolute atomic E-state index is 0.315. The maximum absolute atomic E-state index is 11.6. The molecule has 0 aliphatic rings. The largest absolute Gasteiger partial charge is 0.462 e. The molecule has 0 spiro atoms. The molecule has 1 heterocycles. The summed E-state index contributed by atoms with van der Waals surface area (Å²) < 4.78 is 4.91. The quantitative estimate of drug-likeness (QED) is 0.616. The van der Waals surface area contributed by atoms with E-state index in [4.69, 9.17) is 27.9 Å². The van der Waals surface area contributed by atoms with Crippen LogP contribution in [0.3, 0.4) is 0 Å². The Morgan fingerprint density at radius 1 is 1.35 bits per heavy atom. The van der Waals surface area contributed by atoms with Crippen LogP contribution in [0.25, 0.3) is 10.8 Å². The number of aromatic nitrogens is 1. The third-order valence-corrected chi connectivity index (χ3v) is 2.90. The van der Waals surface area contributed by atoms with E-state index in [1.54, 1.807) is 25.1 Å². The second-order valence-corrected chi connectivity index (χ2v) is 4.14. The summed E-state index contributed by atoms with van der Waals surface area (Å²) >= 11 is 11.9. The molecule has 0 radical (unpaired) electrons. The Hall–Kier alpha value is -1.32. The van der Waals surface area contributed by atoms with Gasteiger partial charge < -0.3 is 4.74 Å². The van der Waals surface area contributed by atoms with E-state index < -0.39 is 0 Å². The molecule has 0 saturated heterocycles. The molecule has 2 rings (SSSR count). The lowest BCUT2D eigenvalue weighted by Gasteiger charge is -2.05. The van der Waals surface area contributed by atoms with Crippen molar-refractivity contribution in [3.63, 3.8) is 0 Å². The van der Waals surface area contributed by atoms with E-state index in [-0.39, 0.29) is 5.97 Å². The van der Waals surface area contributed by atoms with E-state index in [0.29, 0.717) is 27.7 Å². The van der Waals surface area contributed by atoms with Crippen molar-refractivity contribution in [2.45, 2.75) is 6.92 Å². The number of nitrogens with zero attached hydrogens (tertiary/aromatic N) is 1. The van der Waals surface area contributed by atoms with Gasteiger partial charge in [-0.05, 0) is 19.1 Å². The van der Waals surface area contributed by atoms with Gasteiger partial charge in [0, 0.05) is 17.0 Å². The molecule has 88 valence electrons. The predicted molar refractivity (Wildman–Crippen MR) is 67.7 cm³/mol. The van der Waals surface area contributed by atoms with Gasteiger partial charge in [-0.25, -0.2) is 9.78 Å². The SMILES string of the molecule is CCOC(=O)c1ccc2c(Cl)cnc(Cl)c2c1. The number of carbonyl (C=O) groups is 1. The zero-order chi connectivity index (χ0) is 12.4. The summed E-state index contributed by atoms with van der Waals surface area (Å²) in [6.07, 6.45) is 1.48. The Kier molecular flexibility index (Phi) is 3.50. The lowest BCUT2D eigenvalue weighted by atomic mass is 10.1. The van der Waals surface area contributed by atoms with Crippen LogP contribution in [0.2, 0.25) is 10.2 Å². The molecule has 1 aromatic carbocycles. The second-order valence-electron chi connectivity index (χ2n) is 3.38. The molecule has 0 aliphatic carbocycles. The topological polar surface area (TPSA) is 39.2 Å². The van der Waals surface area contributed by atoms with E-state index in [9.17, 15) is 4.79 Å². The third kappa shape index (κ3) is 2.35. The number of esters is 1. The molecule has 0 saturated carbocycles. The Bertz CT molecular complexity index is 584. The smallest absolute Gasteiger partial charge is 0.338 e. The molecule has 3 nitrogen and oxygen atoms in total. The molecule has 1 aromatic heterocycles. The van der Waals surface area contributed by atoms with E-state index in [2.05, 4.69) is 4.98 Å². The summed E-state index contributed by atoms with van der Waals surface area (Å²) in [7, 11) is 0. The minimum Gasteiger partial charge on any atom is -0.462 e. The zero-order valence-corrected chi connectivity index (χ0v) is 10.5. The highest BCUT2D eigenvalue weighted by atomic mass is 35.5. The van der Waals surface area contributed by atoms with E-state index in [0.717, 1.165) is 5.39 Å². The van der Waals surface area contributed by atoms with Crippen LogP contribution in [0.1, 0.15) is 17.3 Å². The van der Waals surface area contributed by atoms with Gasteiger partial charge in [-0.3, -0.25) is 0 Å². The summed E-state index contributed by atoms with van der Waals surface area (Å²) in [5, 5.41) is 2.22. The van der Waals surface area contributed by atoms with Crippen molar-refractivity contribution in [3.8, 4) is 0 Å². The van der Waals surface area contributed by atoms with Crippen molar-refractivity contribution in [3.05, 3.63) is 40.1 Å². The second kappa shape index (κ2) is 4.90. The fourth-order valence-electron chi connectivity index (χ4n) is 1.52. The number of halogens is 2. The van der Waals surface area contributed by atoms with E-state index in [1.165, 1.54) is 6.20 Å². The fraction of sp³-hybridized carbons (Fsp3) is 0.167. The third-order valence-electron chi connectivity index (χ3n) is 2.30. The first kappa shape index (κ1) is 12.1. The van der Waals surface area contributed by atoms with Gasteiger partial charge in [-0.15, -0.1) is 0 Å². The van der Waals surface area contributed by atoms with Crippen molar-refractivity contribution < 1.29 is 9.53 Å². The van der Waals surface area contributed by atoms with Crippen LogP contribution in [-0.2, 0) is 4.74 Å². The van der Waals surface area contributed by atoms with Gasteiger partial charge in [0.25, 0.3) is 0 Å². The van der Waals surface area contributed by atoms with E-state index in [1.807, 2.05) is 0 Å². The number of pyridine rings is 1. The monoisotopic (exact) mass is 269 g/mol. The summed E-state index contributed by atoms with van der Waals surface area (Å²) in [6, 6.07) is 5.02. The number of benzene rings is 1.